The monoisotopic (exact) mass is 287 g/mol. The molecule has 106 valence electrons. The molecule has 7 heteroatoms. The van der Waals surface area contributed by atoms with Gasteiger partial charge in [0.1, 0.15) is 5.52 Å². The Morgan fingerprint density at radius 2 is 2.10 bits per heavy atom. The average Bonchev–Trinajstić information content (AvgIpc) is 2.92. The van der Waals surface area contributed by atoms with Gasteiger partial charge in [0, 0.05) is 35.8 Å². The van der Waals surface area contributed by atoms with Gasteiger partial charge in [-0.2, -0.15) is 4.39 Å². The Kier molecular flexibility index (Phi) is 2.83. The van der Waals surface area contributed by atoms with Crippen LogP contribution in [0.2, 0.25) is 0 Å². The highest BCUT2D eigenvalue weighted by Crippen LogP contribution is 2.22. The molecule has 0 fully saturated rings. The first-order valence-electron chi connectivity index (χ1n) is 6.12. The molecule has 0 radical (unpaired) electrons. The van der Waals surface area contributed by atoms with Gasteiger partial charge < -0.3 is 9.55 Å². The largest absolute Gasteiger partial charge is 0.357 e. The minimum atomic E-state index is -0.919. The highest BCUT2D eigenvalue weighted by atomic mass is 19.1. The Morgan fingerprint density at radius 1 is 1.33 bits per heavy atom. The van der Waals surface area contributed by atoms with Gasteiger partial charge in [0.15, 0.2) is 0 Å². The molecule has 21 heavy (non-hydrogen) atoms. The maximum atomic E-state index is 13.8. The predicted molar refractivity (Wildman–Crippen MR) is 75.2 cm³/mol. The maximum absolute atomic E-state index is 13.8. The smallest absolute Gasteiger partial charge is 0.304 e. The fraction of sp³-hybridized carbons (Fsp3) is 0.0714. The van der Waals surface area contributed by atoms with E-state index in [2.05, 4.69) is 4.98 Å². The van der Waals surface area contributed by atoms with Crippen molar-refractivity contribution < 1.29 is 9.31 Å². The Hall–Kier alpha value is -2.96. The van der Waals surface area contributed by atoms with E-state index in [-0.39, 0.29) is 5.43 Å². The van der Waals surface area contributed by atoms with E-state index in [1.807, 2.05) is 0 Å². The van der Waals surface area contributed by atoms with Crippen molar-refractivity contribution in [2.45, 2.75) is 6.92 Å². The van der Waals surface area contributed by atoms with Gasteiger partial charge in [-0.05, 0) is 19.1 Å². The van der Waals surface area contributed by atoms with Gasteiger partial charge in [0.05, 0.1) is 10.4 Å². The number of pyridine rings is 1. The summed E-state index contributed by atoms with van der Waals surface area (Å²) in [6.45, 7) is 1.65. The number of halogens is 1. The van der Waals surface area contributed by atoms with Gasteiger partial charge in [-0.1, -0.05) is 0 Å². The van der Waals surface area contributed by atoms with Gasteiger partial charge in [0.25, 0.3) is 0 Å². The molecule has 0 unspecified atom stereocenters. The molecule has 1 N–H and O–H groups in total. The van der Waals surface area contributed by atoms with E-state index >= 15 is 0 Å². The molecule has 2 aromatic heterocycles. The molecule has 0 aliphatic rings. The van der Waals surface area contributed by atoms with E-state index in [0.29, 0.717) is 22.3 Å². The summed E-state index contributed by atoms with van der Waals surface area (Å²) in [5.41, 5.74) is 1.18. The topological polar surface area (TPSA) is 80.9 Å². The maximum Gasteiger partial charge on any atom is 0.304 e. The summed E-state index contributed by atoms with van der Waals surface area (Å²) in [4.78, 5) is 24.7. The van der Waals surface area contributed by atoms with E-state index in [4.69, 9.17) is 0 Å². The molecule has 0 aliphatic heterocycles. The third-order valence-corrected chi connectivity index (χ3v) is 3.30. The van der Waals surface area contributed by atoms with Crippen LogP contribution in [0.1, 0.15) is 5.56 Å². The molecule has 0 amide bonds. The van der Waals surface area contributed by atoms with Crippen LogP contribution in [0.3, 0.4) is 0 Å². The third-order valence-electron chi connectivity index (χ3n) is 3.30. The van der Waals surface area contributed by atoms with Gasteiger partial charge in [-0.25, -0.2) is 0 Å². The fourth-order valence-corrected chi connectivity index (χ4v) is 2.27. The SMILES string of the molecule is Cc1cn(-c2ccc([N+](=O)[O-])c(F)c2)c2cc[nH]c2c1=O. The van der Waals surface area contributed by atoms with Crippen LogP contribution in [0.15, 0.2) is 41.5 Å². The lowest BCUT2D eigenvalue weighted by atomic mass is 10.2. The van der Waals surface area contributed by atoms with Crippen LogP contribution in [0.5, 0.6) is 0 Å². The van der Waals surface area contributed by atoms with E-state index in [0.717, 1.165) is 12.1 Å². The molecule has 1 aromatic carbocycles. The molecule has 3 rings (SSSR count). The van der Waals surface area contributed by atoms with Gasteiger partial charge in [0.2, 0.25) is 11.2 Å². The number of hydrogen-bond donors (Lipinski definition) is 1. The molecule has 0 atom stereocenters. The molecule has 0 saturated heterocycles. The zero-order valence-corrected chi connectivity index (χ0v) is 11.0. The van der Waals surface area contributed by atoms with Crippen molar-refractivity contribution in [3.05, 3.63) is 68.4 Å². The number of aryl methyl sites for hydroxylation is 1. The molecular weight excluding hydrogens is 277 g/mol. The van der Waals surface area contributed by atoms with Crippen molar-refractivity contribution in [3.8, 4) is 5.69 Å². The number of nitro groups is 1. The second-order valence-corrected chi connectivity index (χ2v) is 4.64. The quantitative estimate of drug-likeness (QED) is 0.581. The summed E-state index contributed by atoms with van der Waals surface area (Å²) in [6.07, 6.45) is 3.20. The lowest BCUT2D eigenvalue weighted by Gasteiger charge is -2.10. The number of benzene rings is 1. The van der Waals surface area contributed by atoms with E-state index in [1.54, 1.807) is 30.0 Å². The first-order valence-corrected chi connectivity index (χ1v) is 6.12. The van der Waals surface area contributed by atoms with Crippen molar-refractivity contribution in [3.63, 3.8) is 0 Å². The van der Waals surface area contributed by atoms with Crippen LogP contribution >= 0.6 is 0 Å². The number of aromatic amines is 1. The number of nitro benzene ring substituents is 1. The lowest BCUT2D eigenvalue weighted by molar-refractivity contribution is -0.387. The molecule has 0 spiro atoms. The van der Waals surface area contributed by atoms with E-state index < -0.39 is 16.4 Å². The average molecular weight is 287 g/mol. The van der Waals surface area contributed by atoms with Crippen LogP contribution in [0, 0.1) is 22.9 Å². The summed E-state index contributed by atoms with van der Waals surface area (Å²) in [7, 11) is 0. The molecule has 0 bridgehead atoms. The Bertz CT molecular complexity index is 927. The minimum absolute atomic E-state index is 0.131. The van der Waals surface area contributed by atoms with Crippen LogP contribution in [-0.2, 0) is 0 Å². The fourth-order valence-electron chi connectivity index (χ4n) is 2.27. The number of rotatable bonds is 2. The van der Waals surface area contributed by atoms with Crippen molar-refractivity contribution in [2.24, 2.45) is 0 Å². The third kappa shape index (κ3) is 1.99. The highest BCUT2D eigenvalue weighted by molar-refractivity contribution is 5.78. The number of H-pyrrole nitrogens is 1. The summed E-state index contributed by atoms with van der Waals surface area (Å²) in [5, 5.41) is 10.7. The van der Waals surface area contributed by atoms with Crippen molar-refractivity contribution >= 4 is 16.7 Å². The molecule has 6 nitrogen and oxygen atoms in total. The number of hydrogen-bond acceptors (Lipinski definition) is 3. The molecular formula is C14H10FN3O3. The number of aromatic nitrogens is 2. The summed E-state index contributed by atoms with van der Waals surface area (Å²) < 4.78 is 15.4. The highest BCUT2D eigenvalue weighted by Gasteiger charge is 2.16. The van der Waals surface area contributed by atoms with E-state index in [1.165, 1.54) is 6.07 Å². The van der Waals surface area contributed by atoms with Gasteiger partial charge >= 0.3 is 5.69 Å². The van der Waals surface area contributed by atoms with E-state index in [9.17, 15) is 19.3 Å². The second kappa shape index (κ2) is 4.55. The normalized spacial score (nSPS) is 11.0. The molecule has 2 heterocycles. The molecule has 3 aromatic rings. The van der Waals surface area contributed by atoms with Crippen LogP contribution < -0.4 is 5.43 Å². The summed E-state index contributed by atoms with van der Waals surface area (Å²) in [6, 6.07) is 5.32. The van der Waals surface area contributed by atoms with Crippen molar-refractivity contribution in [2.75, 3.05) is 0 Å². The Labute approximate surface area is 117 Å². The van der Waals surface area contributed by atoms with Crippen LogP contribution in [-0.4, -0.2) is 14.5 Å². The van der Waals surface area contributed by atoms with Gasteiger partial charge in [-0.3, -0.25) is 14.9 Å². The van der Waals surface area contributed by atoms with Crippen LogP contribution in [0.25, 0.3) is 16.7 Å². The first kappa shape index (κ1) is 13.0. The van der Waals surface area contributed by atoms with Gasteiger partial charge in [-0.15, -0.1) is 0 Å². The lowest BCUT2D eigenvalue weighted by Crippen LogP contribution is -2.11. The zero-order chi connectivity index (χ0) is 15.1. The number of nitrogens with one attached hydrogen (secondary N) is 1. The Morgan fingerprint density at radius 3 is 2.76 bits per heavy atom. The van der Waals surface area contributed by atoms with Crippen LogP contribution in [0.4, 0.5) is 10.1 Å². The first-order chi connectivity index (χ1) is 9.99. The summed E-state index contributed by atoms with van der Waals surface area (Å²) in [5.74, 6) is -0.919. The number of fused-ring (bicyclic) bond motifs is 1. The second-order valence-electron chi connectivity index (χ2n) is 4.64. The van der Waals surface area contributed by atoms with Crippen molar-refractivity contribution in [1.29, 1.82) is 0 Å². The number of nitrogens with zero attached hydrogens (tertiary/aromatic N) is 2. The minimum Gasteiger partial charge on any atom is -0.357 e. The standard InChI is InChI=1S/C14H10FN3O3/c1-8-7-17(12-4-5-16-13(12)14(8)19)9-2-3-11(18(20)21)10(15)6-9/h2-7,16H,1H3. The Balaban J connectivity index is 2.28. The summed E-state index contributed by atoms with van der Waals surface area (Å²) >= 11 is 0. The predicted octanol–water partition coefficient (Wildman–Crippen LogP) is 2.67. The molecule has 0 aliphatic carbocycles. The molecule has 0 saturated carbocycles. The zero-order valence-electron chi connectivity index (χ0n) is 11.0. The van der Waals surface area contributed by atoms with Crippen molar-refractivity contribution in [1.82, 2.24) is 9.55 Å².